The molecule has 0 bridgehead atoms. The maximum absolute atomic E-state index is 10.9. The highest BCUT2D eigenvalue weighted by Gasteiger charge is 2.07. The van der Waals surface area contributed by atoms with E-state index >= 15 is 0 Å². The molecule has 0 aliphatic carbocycles. The number of carboxylic acids is 1. The lowest BCUT2D eigenvalue weighted by Gasteiger charge is -2.09. The first-order valence-electron chi connectivity index (χ1n) is 5.97. The standard InChI is InChI=1S/C14H11Cl2NO3S/c15-10-2-1-3-11(16)13(10)20-6-7-21-12-8-9(14(18)19)4-5-17-12/h1-5,8H,6-7H2,(H,18,19). The summed E-state index contributed by atoms with van der Waals surface area (Å²) in [5, 5.41) is 10.4. The number of para-hydroxylation sites is 1. The quantitative estimate of drug-likeness (QED) is 0.627. The Morgan fingerprint density at radius 2 is 2.00 bits per heavy atom. The Hall–Kier alpha value is -1.43. The van der Waals surface area contributed by atoms with Gasteiger partial charge in [0, 0.05) is 11.9 Å². The van der Waals surface area contributed by atoms with Crippen LogP contribution in [-0.4, -0.2) is 28.4 Å². The van der Waals surface area contributed by atoms with E-state index in [1.54, 1.807) is 18.2 Å². The van der Waals surface area contributed by atoms with Gasteiger partial charge in [-0.05, 0) is 24.3 Å². The first kappa shape index (κ1) is 15.9. The van der Waals surface area contributed by atoms with Crippen LogP contribution in [0.5, 0.6) is 5.75 Å². The SMILES string of the molecule is O=C(O)c1ccnc(SCCOc2c(Cl)cccc2Cl)c1. The Morgan fingerprint density at radius 1 is 1.29 bits per heavy atom. The second kappa shape index (κ2) is 7.54. The average Bonchev–Trinajstić information content (AvgIpc) is 2.46. The number of carbonyl (C=O) groups is 1. The Balaban J connectivity index is 1.88. The Labute approximate surface area is 136 Å². The van der Waals surface area contributed by atoms with E-state index in [1.807, 2.05) is 0 Å². The van der Waals surface area contributed by atoms with Crippen LogP contribution in [-0.2, 0) is 0 Å². The number of aromatic carboxylic acids is 1. The Kier molecular flexibility index (Phi) is 5.73. The van der Waals surface area contributed by atoms with Gasteiger partial charge in [-0.2, -0.15) is 0 Å². The summed E-state index contributed by atoms with van der Waals surface area (Å²) < 4.78 is 5.54. The molecule has 4 nitrogen and oxygen atoms in total. The Morgan fingerprint density at radius 3 is 2.67 bits per heavy atom. The van der Waals surface area contributed by atoms with Gasteiger partial charge in [-0.15, -0.1) is 11.8 Å². The number of nitrogens with zero attached hydrogens (tertiary/aromatic N) is 1. The molecule has 0 radical (unpaired) electrons. The van der Waals surface area contributed by atoms with E-state index in [-0.39, 0.29) is 5.56 Å². The topological polar surface area (TPSA) is 59.4 Å². The minimum atomic E-state index is -0.974. The molecule has 1 heterocycles. The zero-order chi connectivity index (χ0) is 15.2. The van der Waals surface area contributed by atoms with Gasteiger partial charge in [-0.1, -0.05) is 29.3 Å². The van der Waals surface area contributed by atoms with Crippen LogP contribution in [0.15, 0.2) is 41.6 Å². The first-order valence-corrected chi connectivity index (χ1v) is 7.71. The molecule has 1 aromatic heterocycles. The number of hydrogen-bond acceptors (Lipinski definition) is 4. The number of hydrogen-bond donors (Lipinski definition) is 1. The third kappa shape index (κ3) is 4.52. The van der Waals surface area contributed by atoms with Crippen molar-refractivity contribution in [3.8, 4) is 5.75 Å². The van der Waals surface area contributed by atoms with Crippen molar-refractivity contribution in [3.05, 3.63) is 52.1 Å². The van der Waals surface area contributed by atoms with Gasteiger partial charge in [0.1, 0.15) is 0 Å². The highest BCUT2D eigenvalue weighted by Crippen LogP contribution is 2.32. The van der Waals surface area contributed by atoms with Gasteiger partial charge < -0.3 is 9.84 Å². The summed E-state index contributed by atoms with van der Waals surface area (Å²) in [5.74, 6) is 0.0736. The second-order valence-corrected chi connectivity index (χ2v) is 5.87. The molecule has 2 rings (SSSR count). The highest BCUT2D eigenvalue weighted by atomic mass is 35.5. The van der Waals surface area contributed by atoms with E-state index in [0.29, 0.717) is 33.2 Å². The number of benzene rings is 1. The van der Waals surface area contributed by atoms with Gasteiger partial charge in [0.05, 0.1) is 27.2 Å². The van der Waals surface area contributed by atoms with Crippen molar-refractivity contribution in [3.63, 3.8) is 0 Å². The molecular formula is C14H11Cl2NO3S. The van der Waals surface area contributed by atoms with E-state index in [1.165, 1.54) is 30.1 Å². The van der Waals surface area contributed by atoms with Crippen molar-refractivity contribution in [2.45, 2.75) is 5.03 Å². The van der Waals surface area contributed by atoms with Crippen LogP contribution >= 0.6 is 35.0 Å². The average molecular weight is 344 g/mol. The summed E-state index contributed by atoms with van der Waals surface area (Å²) in [5.41, 5.74) is 0.211. The molecule has 0 fully saturated rings. The van der Waals surface area contributed by atoms with Crippen LogP contribution < -0.4 is 4.74 Å². The number of carboxylic acid groups (broad SMARTS) is 1. The van der Waals surface area contributed by atoms with Gasteiger partial charge in [0.2, 0.25) is 0 Å². The zero-order valence-electron chi connectivity index (χ0n) is 10.8. The smallest absolute Gasteiger partial charge is 0.335 e. The third-order valence-electron chi connectivity index (χ3n) is 2.48. The molecule has 0 aliphatic rings. The lowest BCUT2D eigenvalue weighted by atomic mass is 10.3. The number of ether oxygens (including phenoxy) is 1. The number of pyridine rings is 1. The van der Waals surface area contributed by atoms with Crippen LogP contribution in [0.1, 0.15) is 10.4 Å². The molecule has 0 unspecified atom stereocenters. The van der Waals surface area contributed by atoms with E-state index in [2.05, 4.69) is 4.98 Å². The van der Waals surface area contributed by atoms with Crippen LogP contribution in [0, 0.1) is 0 Å². The first-order chi connectivity index (χ1) is 10.1. The van der Waals surface area contributed by atoms with E-state index in [9.17, 15) is 4.79 Å². The minimum absolute atomic E-state index is 0.211. The zero-order valence-corrected chi connectivity index (χ0v) is 13.1. The molecule has 0 aliphatic heterocycles. The minimum Gasteiger partial charge on any atom is -0.490 e. The molecule has 0 spiro atoms. The lowest BCUT2D eigenvalue weighted by molar-refractivity contribution is 0.0696. The molecule has 1 N–H and O–H groups in total. The molecule has 21 heavy (non-hydrogen) atoms. The van der Waals surface area contributed by atoms with E-state index < -0.39 is 5.97 Å². The Bertz CT molecular complexity index is 632. The fourth-order valence-corrected chi connectivity index (χ4v) is 2.76. The molecule has 110 valence electrons. The molecule has 0 saturated carbocycles. The summed E-state index contributed by atoms with van der Waals surface area (Å²) in [4.78, 5) is 14.9. The van der Waals surface area contributed by atoms with Gasteiger partial charge in [0.15, 0.2) is 5.75 Å². The van der Waals surface area contributed by atoms with Crippen LogP contribution in [0.3, 0.4) is 0 Å². The van der Waals surface area contributed by atoms with Crippen molar-refractivity contribution >= 4 is 40.9 Å². The van der Waals surface area contributed by atoms with Crippen LogP contribution in [0.4, 0.5) is 0 Å². The van der Waals surface area contributed by atoms with Crippen molar-refractivity contribution in [2.24, 2.45) is 0 Å². The van der Waals surface area contributed by atoms with Gasteiger partial charge in [-0.25, -0.2) is 9.78 Å². The third-order valence-corrected chi connectivity index (χ3v) is 3.97. The number of rotatable bonds is 6. The number of halogens is 2. The fourth-order valence-electron chi connectivity index (χ4n) is 1.53. The predicted octanol–water partition coefficient (Wildman–Crippen LogP) is 4.26. The van der Waals surface area contributed by atoms with E-state index in [0.717, 1.165) is 0 Å². The molecule has 1 aromatic carbocycles. The summed E-state index contributed by atoms with van der Waals surface area (Å²) >= 11 is 13.4. The van der Waals surface area contributed by atoms with Crippen molar-refractivity contribution in [2.75, 3.05) is 12.4 Å². The van der Waals surface area contributed by atoms with Gasteiger partial charge in [0.25, 0.3) is 0 Å². The van der Waals surface area contributed by atoms with Crippen LogP contribution in [0.2, 0.25) is 10.0 Å². The molecule has 0 amide bonds. The maximum Gasteiger partial charge on any atom is 0.335 e. The highest BCUT2D eigenvalue weighted by molar-refractivity contribution is 7.99. The van der Waals surface area contributed by atoms with Gasteiger partial charge >= 0.3 is 5.97 Å². The number of thioether (sulfide) groups is 1. The molecule has 7 heteroatoms. The van der Waals surface area contributed by atoms with Gasteiger partial charge in [-0.3, -0.25) is 0 Å². The summed E-state index contributed by atoms with van der Waals surface area (Å²) in [6, 6.07) is 8.12. The number of aromatic nitrogens is 1. The summed E-state index contributed by atoms with van der Waals surface area (Å²) in [7, 11) is 0. The molecule has 2 aromatic rings. The molecule has 0 saturated heterocycles. The molecular weight excluding hydrogens is 333 g/mol. The second-order valence-electron chi connectivity index (χ2n) is 3.94. The normalized spacial score (nSPS) is 10.4. The fraction of sp³-hybridized carbons (Fsp3) is 0.143. The predicted molar refractivity (Wildman–Crippen MR) is 83.9 cm³/mol. The van der Waals surface area contributed by atoms with E-state index in [4.69, 9.17) is 33.0 Å². The van der Waals surface area contributed by atoms with Crippen molar-refractivity contribution in [1.29, 1.82) is 0 Å². The van der Waals surface area contributed by atoms with Crippen LogP contribution in [0.25, 0.3) is 0 Å². The van der Waals surface area contributed by atoms with Crippen molar-refractivity contribution < 1.29 is 14.6 Å². The summed E-state index contributed by atoms with van der Waals surface area (Å²) in [6.07, 6.45) is 1.47. The lowest BCUT2D eigenvalue weighted by Crippen LogP contribution is -2.02. The van der Waals surface area contributed by atoms with Crippen molar-refractivity contribution in [1.82, 2.24) is 4.98 Å². The molecule has 0 atom stereocenters. The monoisotopic (exact) mass is 343 g/mol. The summed E-state index contributed by atoms with van der Waals surface area (Å²) in [6.45, 7) is 0.382. The maximum atomic E-state index is 10.9. The largest absolute Gasteiger partial charge is 0.490 e.